The number of hydrogen-bond donors (Lipinski definition) is 2. The van der Waals surface area contributed by atoms with E-state index in [-0.39, 0.29) is 5.91 Å². The maximum Gasteiger partial charge on any atom is 0.257 e. The van der Waals surface area contributed by atoms with Crippen LogP contribution in [0, 0.1) is 0 Å². The Morgan fingerprint density at radius 3 is 2.40 bits per heavy atom. The molecule has 0 aliphatic heterocycles. The standard InChI is InChI=1S/C19H31N3O2S/c1-4-7-8-15-24-17-11-9-16(10-12-17)18(23)21-19(25)20-13-14-22(5-2)6-3/h9-12H,4-8,13-15H2,1-3H3,(H2,20,21,23,25). The minimum atomic E-state index is -0.210. The fraction of sp³-hybridized carbons (Fsp3) is 0.579. The van der Waals surface area contributed by atoms with E-state index in [4.69, 9.17) is 17.0 Å². The van der Waals surface area contributed by atoms with Crippen molar-refractivity contribution in [2.75, 3.05) is 32.8 Å². The Hall–Kier alpha value is -1.66. The SMILES string of the molecule is CCCCCOc1ccc(C(=O)NC(=S)NCCN(CC)CC)cc1. The van der Waals surface area contributed by atoms with Crippen molar-refractivity contribution in [3.05, 3.63) is 29.8 Å². The van der Waals surface area contributed by atoms with E-state index >= 15 is 0 Å². The molecule has 0 aliphatic rings. The lowest BCUT2D eigenvalue weighted by Crippen LogP contribution is -2.42. The van der Waals surface area contributed by atoms with Gasteiger partial charge in [0.25, 0.3) is 5.91 Å². The lowest BCUT2D eigenvalue weighted by molar-refractivity contribution is 0.0976. The number of unbranched alkanes of at least 4 members (excludes halogenated alkanes) is 2. The molecular weight excluding hydrogens is 334 g/mol. The van der Waals surface area contributed by atoms with Crippen molar-refractivity contribution in [2.45, 2.75) is 40.0 Å². The smallest absolute Gasteiger partial charge is 0.257 e. The summed E-state index contributed by atoms with van der Waals surface area (Å²) in [6.45, 7) is 10.7. The second-order valence-electron chi connectivity index (χ2n) is 5.82. The summed E-state index contributed by atoms with van der Waals surface area (Å²) in [6.07, 6.45) is 3.39. The third-order valence-electron chi connectivity index (χ3n) is 3.97. The van der Waals surface area contributed by atoms with Gasteiger partial charge in [-0.15, -0.1) is 0 Å². The van der Waals surface area contributed by atoms with E-state index in [0.29, 0.717) is 23.8 Å². The third-order valence-corrected chi connectivity index (χ3v) is 4.21. The number of carbonyl (C=O) groups is 1. The van der Waals surface area contributed by atoms with Crippen LogP contribution in [0.2, 0.25) is 0 Å². The van der Waals surface area contributed by atoms with E-state index in [0.717, 1.165) is 31.8 Å². The Kier molecular flexibility index (Phi) is 10.8. The van der Waals surface area contributed by atoms with E-state index in [1.54, 1.807) is 12.1 Å². The molecule has 1 amide bonds. The van der Waals surface area contributed by atoms with Crippen LogP contribution in [-0.4, -0.2) is 48.7 Å². The van der Waals surface area contributed by atoms with Gasteiger partial charge in [-0.1, -0.05) is 33.6 Å². The van der Waals surface area contributed by atoms with Crippen LogP contribution in [0.15, 0.2) is 24.3 Å². The van der Waals surface area contributed by atoms with Crippen LogP contribution in [0.1, 0.15) is 50.4 Å². The van der Waals surface area contributed by atoms with Gasteiger partial charge in [-0.05, 0) is 56.0 Å². The molecule has 0 heterocycles. The molecule has 0 atom stereocenters. The average Bonchev–Trinajstić information content (AvgIpc) is 2.63. The molecule has 1 rings (SSSR count). The molecule has 0 saturated carbocycles. The van der Waals surface area contributed by atoms with E-state index < -0.39 is 0 Å². The van der Waals surface area contributed by atoms with Crippen LogP contribution in [0.25, 0.3) is 0 Å². The van der Waals surface area contributed by atoms with Gasteiger partial charge in [0.1, 0.15) is 5.75 Å². The van der Waals surface area contributed by atoms with Crippen molar-refractivity contribution in [3.8, 4) is 5.75 Å². The molecule has 1 aromatic rings. The normalized spacial score (nSPS) is 10.6. The topological polar surface area (TPSA) is 53.6 Å². The number of nitrogens with one attached hydrogen (secondary N) is 2. The highest BCUT2D eigenvalue weighted by atomic mass is 32.1. The van der Waals surface area contributed by atoms with Crippen LogP contribution in [-0.2, 0) is 0 Å². The first-order chi connectivity index (χ1) is 12.1. The highest BCUT2D eigenvalue weighted by Crippen LogP contribution is 2.13. The average molecular weight is 366 g/mol. The summed E-state index contributed by atoms with van der Waals surface area (Å²) < 4.78 is 5.65. The number of likely N-dealkylation sites (N-methyl/N-ethyl adjacent to an activating group) is 1. The number of nitrogens with zero attached hydrogens (tertiary/aromatic N) is 1. The summed E-state index contributed by atoms with van der Waals surface area (Å²) in [7, 11) is 0. The van der Waals surface area contributed by atoms with Crippen LogP contribution >= 0.6 is 12.2 Å². The highest BCUT2D eigenvalue weighted by molar-refractivity contribution is 7.80. The summed E-state index contributed by atoms with van der Waals surface area (Å²) in [5.74, 6) is 0.574. The quantitative estimate of drug-likeness (QED) is 0.466. The number of rotatable bonds is 11. The summed E-state index contributed by atoms with van der Waals surface area (Å²) in [6, 6.07) is 7.14. The number of hydrogen-bond acceptors (Lipinski definition) is 4. The zero-order valence-electron chi connectivity index (χ0n) is 15.6. The molecule has 0 aromatic heterocycles. The summed E-state index contributed by atoms with van der Waals surface area (Å²) in [5, 5.41) is 6.13. The summed E-state index contributed by atoms with van der Waals surface area (Å²) in [4.78, 5) is 14.5. The fourth-order valence-corrected chi connectivity index (χ4v) is 2.53. The fourth-order valence-electron chi connectivity index (χ4n) is 2.33. The summed E-state index contributed by atoms with van der Waals surface area (Å²) >= 11 is 5.18. The minimum absolute atomic E-state index is 0.210. The molecule has 2 N–H and O–H groups in total. The van der Waals surface area contributed by atoms with Gasteiger partial charge in [0.15, 0.2) is 5.11 Å². The molecule has 140 valence electrons. The largest absolute Gasteiger partial charge is 0.494 e. The molecule has 0 radical (unpaired) electrons. The number of carbonyl (C=O) groups excluding carboxylic acids is 1. The van der Waals surface area contributed by atoms with Gasteiger partial charge in [-0.3, -0.25) is 10.1 Å². The molecule has 6 heteroatoms. The monoisotopic (exact) mass is 365 g/mol. The van der Waals surface area contributed by atoms with Crippen molar-refractivity contribution in [1.29, 1.82) is 0 Å². The van der Waals surface area contributed by atoms with Crippen molar-refractivity contribution in [1.82, 2.24) is 15.5 Å². The van der Waals surface area contributed by atoms with Gasteiger partial charge >= 0.3 is 0 Å². The molecular formula is C19H31N3O2S. The molecule has 0 spiro atoms. The van der Waals surface area contributed by atoms with Crippen LogP contribution in [0.3, 0.4) is 0 Å². The lowest BCUT2D eigenvalue weighted by Gasteiger charge is -2.18. The van der Waals surface area contributed by atoms with E-state index in [9.17, 15) is 4.79 Å². The molecule has 5 nitrogen and oxygen atoms in total. The van der Waals surface area contributed by atoms with Crippen molar-refractivity contribution in [3.63, 3.8) is 0 Å². The zero-order chi connectivity index (χ0) is 18.5. The van der Waals surface area contributed by atoms with E-state index in [1.807, 2.05) is 12.1 Å². The van der Waals surface area contributed by atoms with Gasteiger partial charge in [-0.2, -0.15) is 0 Å². The number of amides is 1. The minimum Gasteiger partial charge on any atom is -0.494 e. The third kappa shape index (κ3) is 8.84. The van der Waals surface area contributed by atoms with Crippen molar-refractivity contribution < 1.29 is 9.53 Å². The van der Waals surface area contributed by atoms with E-state index in [1.165, 1.54) is 12.8 Å². The Morgan fingerprint density at radius 1 is 1.12 bits per heavy atom. The Labute approximate surface area is 157 Å². The maximum absolute atomic E-state index is 12.2. The molecule has 0 bridgehead atoms. The molecule has 0 unspecified atom stereocenters. The van der Waals surface area contributed by atoms with Gasteiger partial charge in [-0.25, -0.2) is 0 Å². The molecule has 25 heavy (non-hydrogen) atoms. The maximum atomic E-state index is 12.2. The first kappa shape index (κ1) is 21.4. The summed E-state index contributed by atoms with van der Waals surface area (Å²) in [5.41, 5.74) is 0.564. The predicted octanol–water partition coefficient (Wildman–Crippen LogP) is 3.20. The van der Waals surface area contributed by atoms with E-state index in [2.05, 4.69) is 36.3 Å². The van der Waals surface area contributed by atoms with Gasteiger partial charge in [0, 0.05) is 18.7 Å². The van der Waals surface area contributed by atoms with Gasteiger partial charge < -0.3 is 15.0 Å². The second kappa shape index (κ2) is 12.7. The Morgan fingerprint density at radius 2 is 1.80 bits per heavy atom. The van der Waals surface area contributed by atoms with Crippen LogP contribution in [0.4, 0.5) is 0 Å². The van der Waals surface area contributed by atoms with Crippen molar-refractivity contribution >= 4 is 23.2 Å². The molecule has 0 fully saturated rings. The number of benzene rings is 1. The second-order valence-corrected chi connectivity index (χ2v) is 6.23. The van der Waals surface area contributed by atoms with Crippen LogP contribution in [0.5, 0.6) is 5.75 Å². The first-order valence-electron chi connectivity index (χ1n) is 9.15. The lowest BCUT2D eigenvalue weighted by atomic mass is 10.2. The molecule has 0 saturated heterocycles. The highest BCUT2D eigenvalue weighted by Gasteiger charge is 2.08. The molecule has 1 aromatic carbocycles. The molecule has 0 aliphatic carbocycles. The Bertz CT molecular complexity index is 516. The van der Waals surface area contributed by atoms with Crippen molar-refractivity contribution in [2.24, 2.45) is 0 Å². The predicted molar refractivity (Wildman–Crippen MR) is 107 cm³/mol. The Balaban J connectivity index is 2.35. The number of ether oxygens (including phenoxy) is 1. The number of thiocarbonyl (C=S) groups is 1. The zero-order valence-corrected chi connectivity index (χ0v) is 16.5. The van der Waals surface area contributed by atoms with Crippen LogP contribution < -0.4 is 15.4 Å². The first-order valence-corrected chi connectivity index (χ1v) is 9.55. The van der Waals surface area contributed by atoms with Gasteiger partial charge in [0.2, 0.25) is 0 Å². The van der Waals surface area contributed by atoms with Gasteiger partial charge in [0.05, 0.1) is 6.61 Å².